The molecule has 0 saturated carbocycles. The van der Waals surface area contributed by atoms with E-state index in [0.29, 0.717) is 0 Å². The third-order valence-electron chi connectivity index (χ3n) is 2.88. The molecule has 0 aromatic heterocycles. The second-order valence-corrected chi connectivity index (χ2v) is 6.47. The molecule has 1 unspecified atom stereocenters. The number of rotatable bonds is 1. The molecule has 1 atom stereocenters. The van der Waals surface area contributed by atoms with Gasteiger partial charge in [-0.25, -0.2) is 0 Å². The SMILES string of the molecule is CC(Br)C(=O)N1CCN(C(C)(C)C)CC1. The van der Waals surface area contributed by atoms with Crippen LogP contribution < -0.4 is 0 Å². The fourth-order valence-electron chi connectivity index (χ4n) is 1.85. The van der Waals surface area contributed by atoms with E-state index in [9.17, 15) is 4.79 Å². The normalized spacial score (nSPS) is 21.5. The largest absolute Gasteiger partial charge is 0.339 e. The molecular formula is C11H21BrN2O. The molecule has 0 bridgehead atoms. The Morgan fingerprint density at radius 3 is 2.00 bits per heavy atom. The maximum Gasteiger partial charge on any atom is 0.236 e. The molecular weight excluding hydrogens is 256 g/mol. The van der Waals surface area contributed by atoms with E-state index in [1.807, 2.05) is 11.8 Å². The Morgan fingerprint density at radius 1 is 1.20 bits per heavy atom. The average Bonchev–Trinajstić information content (AvgIpc) is 2.15. The molecule has 1 saturated heterocycles. The van der Waals surface area contributed by atoms with Crippen LogP contribution in [0.3, 0.4) is 0 Å². The van der Waals surface area contributed by atoms with Gasteiger partial charge >= 0.3 is 0 Å². The van der Waals surface area contributed by atoms with Gasteiger partial charge in [0.05, 0.1) is 4.83 Å². The number of hydrogen-bond donors (Lipinski definition) is 0. The topological polar surface area (TPSA) is 23.6 Å². The van der Waals surface area contributed by atoms with E-state index >= 15 is 0 Å². The monoisotopic (exact) mass is 276 g/mol. The summed E-state index contributed by atoms with van der Waals surface area (Å²) < 4.78 is 0. The fourth-order valence-corrected chi connectivity index (χ4v) is 2.14. The highest BCUT2D eigenvalue weighted by molar-refractivity contribution is 9.10. The van der Waals surface area contributed by atoms with Gasteiger partial charge in [-0.1, -0.05) is 15.9 Å². The van der Waals surface area contributed by atoms with Crippen LogP contribution in [0, 0.1) is 0 Å². The van der Waals surface area contributed by atoms with Crippen molar-refractivity contribution in [2.45, 2.75) is 38.1 Å². The fraction of sp³-hybridized carbons (Fsp3) is 0.909. The lowest BCUT2D eigenvalue weighted by Crippen LogP contribution is -2.55. The minimum absolute atomic E-state index is 0.0568. The summed E-state index contributed by atoms with van der Waals surface area (Å²) in [5, 5.41) is 0. The number of halogens is 1. The van der Waals surface area contributed by atoms with Crippen molar-refractivity contribution < 1.29 is 4.79 Å². The number of nitrogens with zero attached hydrogens (tertiary/aromatic N) is 2. The van der Waals surface area contributed by atoms with Gasteiger partial charge in [0.1, 0.15) is 0 Å². The predicted octanol–water partition coefficient (Wildman–Crippen LogP) is 1.71. The van der Waals surface area contributed by atoms with Crippen molar-refractivity contribution in [1.82, 2.24) is 9.80 Å². The highest BCUT2D eigenvalue weighted by atomic mass is 79.9. The second kappa shape index (κ2) is 4.83. The summed E-state index contributed by atoms with van der Waals surface area (Å²) in [5.41, 5.74) is 0.217. The van der Waals surface area contributed by atoms with Crippen LogP contribution in [0.2, 0.25) is 0 Å². The summed E-state index contributed by atoms with van der Waals surface area (Å²) in [6.07, 6.45) is 0. The molecule has 1 fully saturated rings. The first kappa shape index (κ1) is 13.0. The van der Waals surface area contributed by atoms with Crippen molar-refractivity contribution in [3.8, 4) is 0 Å². The average molecular weight is 277 g/mol. The third kappa shape index (κ3) is 3.45. The highest BCUT2D eigenvalue weighted by Crippen LogP contribution is 2.16. The molecule has 1 aliphatic rings. The number of amides is 1. The minimum atomic E-state index is -0.0568. The van der Waals surface area contributed by atoms with Crippen molar-refractivity contribution in [3.63, 3.8) is 0 Å². The lowest BCUT2D eigenvalue weighted by Gasteiger charge is -2.42. The Labute approximate surface area is 101 Å². The van der Waals surface area contributed by atoms with Crippen molar-refractivity contribution in [2.75, 3.05) is 26.2 Å². The smallest absolute Gasteiger partial charge is 0.236 e. The summed E-state index contributed by atoms with van der Waals surface area (Å²) in [4.78, 5) is 16.0. The molecule has 1 rings (SSSR count). The zero-order valence-electron chi connectivity index (χ0n) is 10.1. The van der Waals surface area contributed by atoms with Crippen molar-refractivity contribution >= 4 is 21.8 Å². The Bertz CT molecular complexity index is 227. The maximum atomic E-state index is 11.7. The molecule has 0 radical (unpaired) electrons. The quantitative estimate of drug-likeness (QED) is 0.681. The van der Waals surface area contributed by atoms with Gasteiger partial charge in [0.15, 0.2) is 0 Å². The molecule has 0 aliphatic carbocycles. The molecule has 3 nitrogen and oxygen atoms in total. The van der Waals surface area contributed by atoms with E-state index in [2.05, 4.69) is 41.6 Å². The Balaban J connectivity index is 2.46. The van der Waals surface area contributed by atoms with Gasteiger partial charge in [-0.15, -0.1) is 0 Å². The Morgan fingerprint density at radius 2 is 1.67 bits per heavy atom. The van der Waals surface area contributed by atoms with Crippen LogP contribution in [0.5, 0.6) is 0 Å². The van der Waals surface area contributed by atoms with Crippen LogP contribution in [0.15, 0.2) is 0 Å². The van der Waals surface area contributed by atoms with Gasteiger partial charge in [0.25, 0.3) is 0 Å². The molecule has 0 aromatic carbocycles. The van der Waals surface area contributed by atoms with Gasteiger partial charge < -0.3 is 4.90 Å². The van der Waals surface area contributed by atoms with Crippen molar-refractivity contribution in [1.29, 1.82) is 0 Å². The Kier molecular flexibility index (Phi) is 4.18. The van der Waals surface area contributed by atoms with Gasteiger partial charge in [0.2, 0.25) is 5.91 Å². The molecule has 0 spiro atoms. The molecule has 1 amide bonds. The van der Waals surface area contributed by atoms with Crippen LogP contribution in [-0.4, -0.2) is 52.3 Å². The van der Waals surface area contributed by atoms with Gasteiger partial charge in [-0.2, -0.15) is 0 Å². The molecule has 88 valence electrons. The van der Waals surface area contributed by atoms with Gasteiger partial charge in [-0.3, -0.25) is 9.69 Å². The van der Waals surface area contributed by atoms with E-state index in [1.54, 1.807) is 0 Å². The third-order valence-corrected chi connectivity index (χ3v) is 3.27. The zero-order chi connectivity index (χ0) is 11.6. The summed E-state index contributed by atoms with van der Waals surface area (Å²) in [6, 6.07) is 0. The highest BCUT2D eigenvalue weighted by Gasteiger charge is 2.28. The van der Waals surface area contributed by atoms with E-state index in [0.717, 1.165) is 26.2 Å². The molecule has 0 N–H and O–H groups in total. The van der Waals surface area contributed by atoms with Gasteiger partial charge in [0, 0.05) is 31.7 Å². The number of alkyl halides is 1. The van der Waals surface area contributed by atoms with Crippen LogP contribution in [0.4, 0.5) is 0 Å². The standard InChI is InChI=1S/C11H21BrN2O/c1-9(12)10(15)13-5-7-14(8-6-13)11(2,3)4/h9H,5-8H2,1-4H3. The van der Waals surface area contributed by atoms with E-state index in [1.165, 1.54) is 0 Å². The van der Waals surface area contributed by atoms with E-state index in [4.69, 9.17) is 0 Å². The first-order valence-corrected chi connectivity index (χ1v) is 6.42. The lowest BCUT2D eigenvalue weighted by atomic mass is 10.0. The maximum absolute atomic E-state index is 11.7. The summed E-state index contributed by atoms with van der Waals surface area (Å²) >= 11 is 3.33. The van der Waals surface area contributed by atoms with E-state index < -0.39 is 0 Å². The summed E-state index contributed by atoms with van der Waals surface area (Å²) in [7, 11) is 0. The summed E-state index contributed by atoms with van der Waals surface area (Å²) in [5.74, 6) is 0.212. The first-order chi connectivity index (χ1) is 6.82. The molecule has 0 aromatic rings. The molecule has 15 heavy (non-hydrogen) atoms. The number of hydrogen-bond acceptors (Lipinski definition) is 2. The number of piperazine rings is 1. The second-order valence-electron chi connectivity index (χ2n) is 5.10. The first-order valence-electron chi connectivity index (χ1n) is 5.50. The van der Waals surface area contributed by atoms with Crippen LogP contribution in [0.25, 0.3) is 0 Å². The molecule has 1 heterocycles. The molecule has 4 heteroatoms. The Hall–Kier alpha value is -0.0900. The predicted molar refractivity (Wildman–Crippen MR) is 66.3 cm³/mol. The van der Waals surface area contributed by atoms with Crippen LogP contribution >= 0.6 is 15.9 Å². The van der Waals surface area contributed by atoms with Crippen molar-refractivity contribution in [3.05, 3.63) is 0 Å². The van der Waals surface area contributed by atoms with Gasteiger partial charge in [-0.05, 0) is 27.7 Å². The van der Waals surface area contributed by atoms with E-state index in [-0.39, 0.29) is 16.3 Å². The van der Waals surface area contributed by atoms with Crippen LogP contribution in [-0.2, 0) is 4.79 Å². The summed E-state index contributed by atoms with van der Waals surface area (Å²) in [6.45, 7) is 12.2. The minimum Gasteiger partial charge on any atom is -0.339 e. The van der Waals surface area contributed by atoms with Crippen LogP contribution in [0.1, 0.15) is 27.7 Å². The number of carbonyl (C=O) groups excluding carboxylic acids is 1. The molecule has 1 aliphatic heterocycles. The van der Waals surface area contributed by atoms with Crippen molar-refractivity contribution in [2.24, 2.45) is 0 Å². The lowest BCUT2D eigenvalue weighted by molar-refractivity contribution is -0.132. The zero-order valence-corrected chi connectivity index (χ0v) is 11.7. The number of carbonyl (C=O) groups is 1.